The van der Waals surface area contributed by atoms with Gasteiger partial charge in [-0.3, -0.25) is 0 Å². The third kappa shape index (κ3) is 5.86. The van der Waals surface area contributed by atoms with E-state index >= 15 is 17.6 Å². The van der Waals surface area contributed by atoms with Crippen LogP contribution < -0.4 is 7.74 Å². The van der Waals surface area contributed by atoms with E-state index < -0.39 is 39.9 Å². The summed E-state index contributed by atoms with van der Waals surface area (Å²) in [7, 11) is 0. The van der Waals surface area contributed by atoms with Crippen LogP contribution in [0.3, 0.4) is 0 Å². The Hall–Kier alpha value is -3.69. The SMILES string of the molecule is CCOCc1cc(C)n(-c2ccc(F)[c]([Ti]([C]3=CC=CC3)([C]3=CC=CC3)[c]3c(F)ccc(-n4c(C)cc(COCC)c4C)c3F)c2F)c1C. The van der Waals surface area contributed by atoms with E-state index in [1.165, 1.54) is 24.3 Å². The summed E-state index contributed by atoms with van der Waals surface area (Å²) in [5.41, 5.74) is 5.03. The number of rotatable bonds is 12. The molecule has 0 amide bonds. The Morgan fingerprint density at radius 3 is 1.39 bits per heavy atom. The second kappa shape index (κ2) is 14.3. The molecule has 0 saturated heterocycles. The van der Waals surface area contributed by atoms with Crippen molar-refractivity contribution in [1.82, 2.24) is 9.13 Å². The second-order valence-corrected chi connectivity index (χ2v) is 18.6. The number of allylic oxidation sites excluding steroid dienone is 8. The molecule has 0 bridgehead atoms. The molecule has 0 spiro atoms. The number of aromatic nitrogens is 2. The number of benzene rings is 2. The Morgan fingerprint density at radius 1 is 0.633 bits per heavy atom. The van der Waals surface area contributed by atoms with Crippen LogP contribution >= 0.6 is 0 Å². The van der Waals surface area contributed by atoms with Gasteiger partial charge in [0.05, 0.1) is 0 Å². The molecule has 256 valence electrons. The molecule has 2 aliphatic rings. The molecule has 0 N–H and O–H groups in total. The van der Waals surface area contributed by atoms with Gasteiger partial charge < -0.3 is 0 Å². The maximum absolute atomic E-state index is 17.7. The van der Waals surface area contributed by atoms with Crippen molar-refractivity contribution in [3.63, 3.8) is 0 Å². The second-order valence-electron chi connectivity index (χ2n) is 12.6. The molecule has 0 radical (unpaired) electrons. The van der Waals surface area contributed by atoms with Gasteiger partial charge >= 0.3 is 290 Å². The standard InChI is InChI=1S/2C15H16F2NO.2C5H5.Ti/c2*1-4-19-9-12-7-10(2)18(11(12)3)15-6-5-13(16)8-14(15)17;2*1-2-4-5-3-1;/h2*5-7H,4,9H2,1-3H3;2*1-3H,4H2;. The van der Waals surface area contributed by atoms with Gasteiger partial charge in [0.1, 0.15) is 0 Å². The van der Waals surface area contributed by atoms with Crippen LogP contribution in [0.2, 0.25) is 0 Å². The topological polar surface area (TPSA) is 28.3 Å². The van der Waals surface area contributed by atoms with Crippen LogP contribution in [0.4, 0.5) is 17.6 Å². The molecule has 0 unspecified atom stereocenters. The summed E-state index contributed by atoms with van der Waals surface area (Å²) < 4.78 is 84.5. The van der Waals surface area contributed by atoms with Gasteiger partial charge in [0.15, 0.2) is 0 Å². The molecule has 9 heteroatoms. The number of nitrogens with zero attached hydrogens (tertiary/aromatic N) is 2. The molecule has 2 heterocycles. The van der Waals surface area contributed by atoms with E-state index in [-0.39, 0.29) is 19.1 Å². The summed E-state index contributed by atoms with van der Waals surface area (Å²) in [5, 5.41) is 0. The van der Waals surface area contributed by atoms with Crippen molar-refractivity contribution in [3.8, 4) is 11.4 Å². The number of aryl methyl sites for hydroxylation is 2. The molecule has 4 nitrogen and oxygen atoms in total. The fourth-order valence-electron chi connectivity index (χ4n) is 7.66. The monoisotopic (exact) mass is 706 g/mol. The number of ether oxygens (including phenoxy) is 2. The number of halogens is 4. The fraction of sp³-hybridized carbons (Fsp3) is 0.300. The molecular formula is C40H42F4N2O2Ti. The van der Waals surface area contributed by atoms with Crippen LogP contribution in [0.1, 0.15) is 60.6 Å². The predicted molar refractivity (Wildman–Crippen MR) is 184 cm³/mol. The van der Waals surface area contributed by atoms with E-state index in [0.29, 0.717) is 47.0 Å². The summed E-state index contributed by atoms with van der Waals surface area (Å²) in [6.07, 6.45) is 11.7. The minimum atomic E-state index is -5.08. The van der Waals surface area contributed by atoms with E-state index in [9.17, 15) is 0 Å². The van der Waals surface area contributed by atoms with Gasteiger partial charge in [0, 0.05) is 0 Å². The van der Waals surface area contributed by atoms with Crippen LogP contribution in [0, 0.1) is 51.0 Å². The Bertz CT molecular complexity index is 1900. The van der Waals surface area contributed by atoms with E-state index in [4.69, 9.17) is 9.47 Å². The third-order valence-corrected chi connectivity index (χ3v) is 17.8. The summed E-state index contributed by atoms with van der Waals surface area (Å²) in [6, 6.07) is 9.20. The van der Waals surface area contributed by atoms with Crippen molar-refractivity contribution in [1.29, 1.82) is 0 Å². The minimum absolute atomic E-state index is 0.136. The molecule has 6 rings (SSSR count). The van der Waals surface area contributed by atoms with Crippen molar-refractivity contribution in [2.45, 2.75) is 67.6 Å². The summed E-state index contributed by atoms with van der Waals surface area (Å²) in [6.45, 7) is 13.0. The molecule has 0 fully saturated rings. The molecule has 0 aliphatic heterocycles. The Labute approximate surface area is 289 Å². The zero-order valence-corrected chi connectivity index (χ0v) is 30.5. The third-order valence-electron chi connectivity index (χ3n) is 9.87. The zero-order valence-electron chi connectivity index (χ0n) is 28.9. The van der Waals surface area contributed by atoms with Crippen LogP contribution in [-0.4, -0.2) is 22.3 Å². The molecule has 49 heavy (non-hydrogen) atoms. The van der Waals surface area contributed by atoms with Crippen molar-refractivity contribution in [2.24, 2.45) is 0 Å². The van der Waals surface area contributed by atoms with Crippen LogP contribution in [-0.2, 0) is 39.3 Å². The Balaban J connectivity index is 1.69. The van der Waals surface area contributed by atoms with Gasteiger partial charge in [-0.25, -0.2) is 0 Å². The number of hydrogen-bond donors (Lipinski definition) is 0. The van der Waals surface area contributed by atoms with E-state index in [1.54, 1.807) is 9.13 Å². The first-order valence-electron chi connectivity index (χ1n) is 16.8. The van der Waals surface area contributed by atoms with Gasteiger partial charge in [-0.2, -0.15) is 0 Å². The quantitative estimate of drug-likeness (QED) is 0.109. The van der Waals surface area contributed by atoms with Gasteiger partial charge in [-0.05, 0) is 0 Å². The van der Waals surface area contributed by atoms with Crippen molar-refractivity contribution in [2.75, 3.05) is 13.2 Å². The number of hydrogen-bond acceptors (Lipinski definition) is 2. The van der Waals surface area contributed by atoms with Crippen molar-refractivity contribution < 1.29 is 43.6 Å². The predicted octanol–water partition coefficient (Wildman–Crippen LogP) is 8.92. The van der Waals surface area contributed by atoms with Gasteiger partial charge in [0.25, 0.3) is 0 Å². The Morgan fingerprint density at radius 2 is 1.04 bits per heavy atom. The molecule has 2 aromatic heterocycles. The first-order chi connectivity index (χ1) is 23.6. The molecular weight excluding hydrogens is 664 g/mol. The van der Waals surface area contributed by atoms with Gasteiger partial charge in [0.2, 0.25) is 0 Å². The first kappa shape index (κ1) is 35.2. The molecule has 2 aliphatic carbocycles. The molecule has 4 aromatic rings. The van der Waals surface area contributed by atoms with E-state index in [2.05, 4.69) is 0 Å². The van der Waals surface area contributed by atoms with Crippen LogP contribution in [0.25, 0.3) is 11.4 Å². The molecule has 0 saturated carbocycles. The van der Waals surface area contributed by atoms with E-state index in [1.807, 2.05) is 90.1 Å². The zero-order chi connectivity index (χ0) is 35.0. The summed E-state index contributed by atoms with van der Waals surface area (Å²) in [5.74, 6) is -3.23. The van der Waals surface area contributed by atoms with E-state index in [0.717, 1.165) is 33.9 Å². The first-order valence-corrected chi connectivity index (χ1v) is 19.9. The summed E-state index contributed by atoms with van der Waals surface area (Å²) >= 11 is -5.08. The fourth-order valence-corrected chi connectivity index (χ4v) is 15.9. The van der Waals surface area contributed by atoms with Crippen molar-refractivity contribution >= 4 is 7.74 Å². The average molecular weight is 707 g/mol. The van der Waals surface area contributed by atoms with Crippen LogP contribution in [0.15, 0.2) is 80.6 Å². The molecule has 0 atom stereocenters. The summed E-state index contributed by atoms with van der Waals surface area (Å²) in [4.78, 5) is 0. The van der Waals surface area contributed by atoms with Gasteiger partial charge in [-0.1, -0.05) is 0 Å². The van der Waals surface area contributed by atoms with Crippen molar-refractivity contribution in [3.05, 3.63) is 138 Å². The van der Waals surface area contributed by atoms with Gasteiger partial charge in [-0.15, -0.1) is 0 Å². The van der Waals surface area contributed by atoms with Crippen LogP contribution in [0.5, 0.6) is 0 Å². The Kier molecular flexibility index (Phi) is 10.2. The normalized spacial score (nSPS) is 14.3. The average Bonchev–Trinajstić information content (AvgIpc) is 3.89. The maximum atomic E-state index is 17.7. The molecule has 2 aromatic carbocycles.